The van der Waals surface area contributed by atoms with Crippen LogP contribution in [0.4, 0.5) is 11.6 Å². The maximum absolute atomic E-state index is 8.36. The van der Waals surface area contributed by atoms with Crippen LogP contribution in [0.2, 0.25) is 0 Å². The molecule has 3 N–H and O–H groups in total. The molecule has 0 amide bonds. The number of nitrogens with one attached hydrogen (secondary N) is 1. The van der Waals surface area contributed by atoms with E-state index in [1.165, 1.54) is 0 Å². The van der Waals surface area contributed by atoms with E-state index in [4.69, 9.17) is 24.6 Å². The zero-order chi connectivity index (χ0) is 15.8. The summed E-state index contributed by atoms with van der Waals surface area (Å²) < 4.78 is 15.6. The number of nitrogens with two attached hydrogens (primary N) is 1. The lowest BCUT2D eigenvalue weighted by Gasteiger charge is -2.37. The number of hydrogen-bond acceptors (Lipinski definition) is 8. The second-order valence-electron chi connectivity index (χ2n) is 5.11. The van der Waals surface area contributed by atoms with Gasteiger partial charge in [0.25, 0.3) is 0 Å². The van der Waals surface area contributed by atoms with E-state index in [0.717, 1.165) is 0 Å². The minimum absolute atomic E-state index is 0.177. The van der Waals surface area contributed by atoms with Crippen molar-refractivity contribution in [2.75, 3.05) is 9.80 Å². The summed E-state index contributed by atoms with van der Waals surface area (Å²) in [6.45, 7) is 0.696. The molecule has 1 aliphatic rings. The summed E-state index contributed by atoms with van der Waals surface area (Å²) in [6, 6.07) is 7.23. The molecule has 0 saturated heterocycles. The van der Waals surface area contributed by atoms with Gasteiger partial charge in [-0.05, 0) is 34.6 Å². The van der Waals surface area contributed by atoms with E-state index < -0.39 is 6.17 Å². The zero-order valence-corrected chi connectivity index (χ0v) is 12.0. The van der Waals surface area contributed by atoms with Crippen molar-refractivity contribution in [1.82, 2.24) is 10.3 Å². The van der Waals surface area contributed by atoms with Gasteiger partial charge in [0.2, 0.25) is 11.6 Å². The van der Waals surface area contributed by atoms with Crippen LogP contribution in [0.3, 0.4) is 0 Å². The lowest BCUT2D eigenvalue weighted by atomic mass is 10.2. The number of rotatable bonds is 4. The van der Waals surface area contributed by atoms with E-state index in [1.807, 2.05) is 12.1 Å². The zero-order valence-electron chi connectivity index (χ0n) is 12.0. The largest absolute Gasteiger partial charge is 0.467 e. The third kappa shape index (κ3) is 2.27. The Labute approximate surface area is 130 Å². The number of furan rings is 2. The highest BCUT2D eigenvalue weighted by Gasteiger charge is 2.38. The van der Waals surface area contributed by atoms with E-state index in [0.29, 0.717) is 36.2 Å². The molecule has 1 aliphatic heterocycles. The number of amidine groups is 1. The SMILES string of the molecule is N=C1C(N)N(Cc2ccco2)c2nonc2N1Cc1ccco1. The number of hydrogen-bond donors (Lipinski definition) is 2. The van der Waals surface area contributed by atoms with Crippen LogP contribution in [0.15, 0.2) is 50.3 Å². The standard InChI is InChI=1S/C14H14N6O3/c15-11-12(16)20(8-10-4-2-6-22-10)14-13(17-23-18-14)19(11)7-9-3-1-5-21-9/h1-6,11,16H,7-8,15H2. The number of anilines is 2. The number of fused-ring (bicyclic) bond motifs is 1. The van der Waals surface area contributed by atoms with Crippen molar-refractivity contribution in [1.29, 1.82) is 5.41 Å². The van der Waals surface area contributed by atoms with Gasteiger partial charge < -0.3 is 19.5 Å². The molecule has 1 unspecified atom stereocenters. The Morgan fingerprint density at radius 3 is 2.35 bits per heavy atom. The van der Waals surface area contributed by atoms with Gasteiger partial charge in [-0.2, -0.15) is 0 Å². The number of nitrogens with zero attached hydrogens (tertiary/aromatic N) is 4. The second-order valence-corrected chi connectivity index (χ2v) is 5.11. The van der Waals surface area contributed by atoms with Crippen molar-refractivity contribution in [3.05, 3.63) is 48.3 Å². The Kier molecular flexibility index (Phi) is 3.12. The molecule has 1 atom stereocenters. The molecule has 23 heavy (non-hydrogen) atoms. The first-order valence-corrected chi connectivity index (χ1v) is 6.99. The summed E-state index contributed by atoms with van der Waals surface area (Å²) in [4.78, 5) is 3.33. The molecule has 0 radical (unpaired) electrons. The Morgan fingerprint density at radius 1 is 1.04 bits per heavy atom. The molecule has 3 aromatic heterocycles. The van der Waals surface area contributed by atoms with Crippen LogP contribution in [-0.4, -0.2) is 22.3 Å². The fraction of sp³-hybridized carbons (Fsp3) is 0.214. The molecule has 9 heteroatoms. The second kappa shape index (κ2) is 5.29. The molecule has 0 fully saturated rings. The monoisotopic (exact) mass is 314 g/mol. The summed E-state index contributed by atoms with van der Waals surface area (Å²) in [6.07, 6.45) is 2.46. The van der Waals surface area contributed by atoms with Crippen molar-refractivity contribution in [3.63, 3.8) is 0 Å². The Hall–Kier alpha value is -3.07. The minimum atomic E-state index is -0.700. The third-order valence-corrected chi connectivity index (χ3v) is 3.69. The van der Waals surface area contributed by atoms with Crippen LogP contribution < -0.4 is 15.5 Å². The normalized spacial score (nSPS) is 17.6. The molecule has 118 valence electrons. The Bertz CT molecular complexity index is 794. The lowest BCUT2D eigenvalue weighted by Crippen LogP contribution is -2.57. The first kappa shape index (κ1) is 13.6. The van der Waals surface area contributed by atoms with Crippen LogP contribution in [0, 0.1) is 5.41 Å². The molecule has 0 aliphatic carbocycles. The van der Waals surface area contributed by atoms with E-state index in [2.05, 4.69) is 10.3 Å². The minimum Gasteiger partial charge on any atom is -0.467 e. The van der Waals surface area contributed by atoms with Crippen molar-refractivity contribution in [2.24, 2.45) is 5.73 Å². The van der Waals surface area contributed by atoms with Crippen molar-refractivity contribution >= 4 is 17.5 Å². The van der Waals surface area contributed by atoms with Crippen LogP contribution in [0.25, 0.3) is 0 Å². The fourth-order valence-corrected chi connectivity index (χ4v) is 2.55. The quantitative estimate of drug-likeness (QED) is 0.743. The smallest absolute Gasteiger partial charge is 0.223 e. The van der Waals surface area contributed by atoms with Gasteiger partial charge in [0, 0.05) is 0 Å². The Balaban J connectivity index is 1.67. The first-order chi connectivity index (χ1) is 11.2. The number of aromatic nitrogens is 2. The predicted octanol–water partition coefficient (Wildman–Crippen LogP) is 1.54. The lowest BCUT2D eigenvalue weighted by molar-refractivity contribution is 0.308. The first-order valence-electron chi connectivity index (χ1n) is 6.99. The highest BCUT2D eigenvalue weighted by molar-refractivity contribution is 6.04. The van der Waals surface area contributed by atoms with E-state index >= 15 is 0 Å². The predicted molar refractivity (Wildman–Crippen MR) is 79.8 cm³/mol. The van der Waals surface area contributed by atoms with Crippen LogP contribution in [0.1, 0.15) is 11.5 Å². The van der Waals surface area contributed by atoms with E-state index in [9.17, 15) is 0 Å². The average Bonchev–Trinajstić information content (AvgIpc) is 3.30. The van der Waals surface area contributed by atoms with E-state index in [1.54, 1.807) is 34.5 Å². The molecule has 0 spiro atoms. The summed E-state index contributed by atoms with van der Waals surface area (Å²) >= 11 is 0. The van der Waals surface area contributed by atoms with Gasteiger partial charge in [-0.3, -0.25) is 10.3 Å². The van der Waals surface area contributed by atoms with Gasteiger partial charge in [0.1, 0.15) is 23.5 Å². The molecular formula is C14H14N6O3. The van der Waals surface area contributed by atoms with Crippen molar-refractivity contribution in [3.8, 4) is 0 Å². The molecule has 0 aromatic carbocycles. The van der Waals surface area contributed by atoms with Gasteiger partial charge in [0.15, 0.2) is 0 Å². The summed E-state index contributed by atoms with van der Waals surface area (Å²) in [7, 11) is 0. The van der Waals surface area contributed by atoms with Crippen molar-refractivity contribution < 1.29 is 13.5 Å². The van der Waals surface area contributed by atoms with Crippen LogP contribution >= 0.6 is 0 Å². The highest BCUT2D eigenvalue weighted by Crippen LogP contribution is 2.33. The third-order valence-electron chi connectivity index (χ3n) is 3.69. The average molecular weight is 314 g/mol. The maximum Gasteiger partial charge on any atom is 0.223 e. The topological polar surface area (TPSA) is 122 Å². The molecule has 3 aromatic rings. The molecule has 9 nitrogen and oxygen atoms in total. The van der Waals surface area contributed by atoms with Gasteiger partial charge in [-0.1, -0.05) is 0 Å². The van der Waals surface area contributed by atoms with Gasteiger partial charge in [-0.15, -0.1) is 0 Å². The summed E-state index contributed by atoms with van der Waals surface area (Å²) in [5.74, 6) is 2.48. The fourth-order valence-electron chi connectivity index (χ4n) is 2.55. The van der Waals surface area contributed by atoms with Crippen molar-refractivity contribution in [2.45, 2.75) is 19.3 Å². The molecule has 4 heterocycles. The highest BCUT2D eigenvalue weighted by atomic mass is 16.6. The van der Waals surface area contributed by atoms with E-state index in [-0.39, 0.29) is 5.84 Å². The molecule has 4 rings (SSSR count). The summed E-state index contributed by atoms with van der Waals surface area (Å²) in [5, 5.41) is 16.2. The van der Waals surface area contributed by atoms with Gasteiger partial charge in [-0.25, -0.2) is 4.63 Å². The molecular weight excluding hydrogens is 300 g/mol. The van der Waals surface area contributed by atoms with Crippen LogP contribution in [-0.2, 0) is 13.1 Å². The van der Waals surface area contributed by atoms with Gasteiger partial charge in [0.05, 0.1) is 25.6 Å². The molecule has 0 saturated carbocycles. The molecule has 0 bridgehead atoms. The maximum atomic E-state index is 8.36. The Morgan fingerprint density at radius 2 is 1.70 bits per heavy atom. The van der Waals surface area contributed by atoms with Crippen LogP contribution in [0.5, 0.6) is 0 Å². The summed E-state index contributed by atoms with van der Waals surface area (Å²) in [5.41, 5.74) is 6.21. The van der Waals surface area contributed by atoms with Gasteiger partial charge >= 0.3 is 0 Å².